The third-order valence-electron chi connectivity index (χ3n) is 2.71. The van der Waals surface area contributed by atoms with Crippen molar-refractivity contribution in [1.82, 2.24) is 0 Å². The molecule has 4 nitrogen and oxygen atoms in total. The normalized spacial score (nSPS) is 17.5. The molecule has 0 saturated carbocycles. The first-order valence-electron chi connectivity index (χ1n) is 6.41. The number of hydrogen-bond donors (Lipinski definition) is 0. The van der Waals surface area contributed by atoms with Gasteiger partial charge in [0.15, 0.2) is 0 Å². The van der Waals surface area contributed by atoms with Gasteiger partial charge in [0, 0.05) is 25.5 Å². The monoisotopic (exact) mass is 278 g/mol. The van der Waals surface area contributed by atoms with Crippen molar-refractivity contribution in [2.45, 2.75) is 19.6 Å². The van der Waals surface area contributed by atoms with E-state index in [1.54, 1.807) is 38.1 Å². The van der Waals surface area contributed by atoms with Gasteiger partial charge in [-0.2, -0.15) is 10.5 Å². The lowest BCUT2D eigenvalue weighted by Gasteiger charge is -2.33. The second kappa shape index (κ2) is 5.98. The van der Waals surface area contributed by atoms with Crippen molar-refractivity contribution < 1.29 is 9.47 Å². The summed E-state index contributed by atoms with van der Waals surface area (Å²) in [6.45, 7) is 3.60. The minimum atomic E-state index is -0.820. The number of ether oxygens (including phenoxy) is 2. The van der Waals surface area contributed by atoms with Crippen LogP contribution in [0.3, 0.4) is 0 Å². The SMILES string of the molecule is CC1(C)OC(c2ccccc2)=C/C(=C\C=C(C#N)C#N)O1. The molecular formula is C17H14N2O2. The van der Waals surface area contributed by atoms with Crippen LogP contribution in [0.4, 0.5) is 0 Å². The minimum Gasteiger partial charge on any atom is -0.453 e. The quantitative estimate of drug-likeness (QED) is 0.774. The molecule has 0 spiro atoms. The van der Waals surface area contributed by atoms with Crippen LogP contribution in [0.1, 0.15) is 19.4 Å². The number of benzene rings is 1. The van der Waals surface area contributed by atoms with Crippen LogP contribution >= 0.6 is 0 Å². The van der Waals surface area contributed by atoms with Crippen LogP contribution in [0.25, 0.3) is 5.76 Å². The minimum absolute atomic E-state index is 0.0186. The summed E-state index contributed by atoms with van der Waals surface area (Å²) < 4.78 is 11.5. The highest BCUT2D eigenvalue weighted by molar-refractivity contribution is 5.63. The van der Waals surface area contributed by atoms with Crippen LogP contribution in [-0.4, -0.2) is 5.79 Å². The first kappa shape index (κ1) is 14.4. The zero-order valence-electron chi connectivity index (χ0n) is 11.8. The maximum atomic E-state index is 8.74. The van der Waals surface area contributed by atoms with Gasteiger partial charge in [-0.05, 0) is 12.2 Å². The fraction of sp³-hybridized carbons (Fsp3) is 0.176. The Bertz CT molecular complexity index is 683. The highest BCUT2D eigenvalue weighted by atomic mass is 16.7. The van der Waals surface area contributed by atoms with Gasteiger partial charge < -0.3 is 9.47 Å². The molecule has 0 fully saturated rings. The Morgan fingerprint density at radius 3 is 2.38 bits per heavy atom. The van der Waals surface area contributed by atoms with Gasteiger partial charge >= 0.3 is 0 Å². The highest BCUT2D eigenvalue weighted by Gasteiger charge is 2.28. The maximum absolute atomic E-state index is 8.74. The van der Waals surface area contributed by atoms with E-state index in [1.165, 1.54) is 6.08 Å². The summed E-state index contributed by atoms with van der Waals surface area (Å²) in [5.41, 5.74) is 0.953. The van der Waals surface area contributed by atoms with Crippen LogP contribution < -0.4 is 0 Å². The Balaban J connectivity index is 2.39. The molecule has 0 amide bonds. The maximum Gasteiger partial charge on any atom is 0.245 e. The Labute approximate surface area is 123 Å². The summed E-state index contributed by atoms with van der Waals surface area (Å²) in [6, 6.07) is 13.3. The van der Waals surface area contributed by atoms with Gasteiger partial charge in [0.25, 0.3) is 0 Å². The zero-order chi connectivity index (χ0) is 15.3. The average molecular weight is 278 g/mol. The summed E-state index contributed by atoms with van der Waals surface area (Å²) in [5.74, 6) is 0.397. The van der Waals surface area contributed by atoms with E-state index in [9.17, 15) is 0 Å². The third-order valence-corrected chi connectivity index (χ3v) is 2.71. The number of allylic oxidation sites excluding steroid dienone is 4. The van der Waals surface area contributed by atoms with Crippen LogP contribution in [-0.2, 0) is 9.47 Å². The molecule has 0 saturated heterocycles. The molecule has 0 aliphatic carbocycles. The topological polar surface area (TPSA) is 66.0 Å². The van der Waals surface area contributed by atoms with Crippen LogP contribution in [0.5, 0.6) is 0 Å². The lowest BCUT2D eigenvalue weighted by Crippen LogP contribution is -2.30. The van der Waals surface area contributed by atoms with Gasteiger partial charge in [0.05, 0.1) is 0 Å². The van der Waals surface area contributed by atoms with Crippen molar-refractivity contribution in [1.29, 1.82) is 10.5 Å². The van der Waals surface area contributed by atoms with E-state index in [0.29, 0.717) is 11.5 Å². The van der Waals surface area contributed by atoms with Gasteiger partial charge in [-0.15, -0.1) is 0 Å². The van der Waals surface area contributed by atoms with Crippen LogP contribution in [0.15, 0.2) is 59.9 Å². The molecule has 1 aromatic rings. The summed E-state index contributed by atoms with van der Waals surface area (Å²) in [4.78, 5) is 0. The number of nitriles is 2. The van der Waals surface area contributed by atoms with E-state index in [4.69, 9.17) is 20.0 Å². The van der Waals surface area contributed by atoms with Crippen molar-refractivity contribution in [2.75, 3.05) is 0 Å². The summed E-state index contributed by atoms with van der Waals surface area (Å²) in [7, 11) is 0. The average Bonchev–Trinajstić information content (AvgIpc) is 2.47. The van der Waals surface area contributed by atoms with Gasteiger partial charge in [0.2, 0.25) is 5.79 Å². The molecule has 104 valence electrons. The molecule has 1 heterocycles. The molecule has 1 aliphatic rings. The Hall–Kier alpha value is -2.98. The molecule has 0 radical (unpaired) electrons. The van der Waals surface area contributed by atoms with Crippen LogP contribution in [0.2, 0.25) is 0 Å². The van der Waals surface area contributed by atoms with Crippen molar-refractivity contribution in [3.05, 3.63) is 65.5 Å². The molecule has 0 atom stereocenters. The van der Waals surface area contributed by atoms with Crippen molar-refractivity contribution in [3.63, 3.8) is 0 Å². The Morgan fingerprint density at radius 2 is 1.76 bits per heavy atom. The first-order valence-corrected chi connectivity index (χ1v) is 6.41. The van der Waals surface area contributed by atoms with Gasteiger partial charge in [-0.3, -0.25) is 0 Å². The molecule has 1 aromatic carbocycles. The summed E-state index contributed by atoms with van der Waals surface area (Å²) in [6.07, 6.45) is 4.76. The van der Waals surface area contributed by atoms with E-state index >= 15 is 0 Å². The molecule has 2 rings (SSSR count). The molecule has 0 unspecified atom stereocenters. The van der Waals surface area contributed by atoms with Gasteiger partial charge in [0.1, 0.15) is 29.2 Å². The van der Waals surface area contributed by atoms with E-state index in [0.717, 1.165) is 5.56 Å². The van der Waals surface area contributed by atoms with Crippen molar-refractivity contribution >= 4 is 5.76 Å². The zero-order valence-corrected chi connectivity index (χ0v) is 11.8. The second-order valence-corrected chi connectivity index (χ2v) is 4.85. The third kappa shape index (κ3) is 3.75. The number of hydrogen-bond acceptors (Lipinski definition) is 4. The number of rotatable bonds is 2. The van der Waals surface area contributed by atoms with E-state index in [2.05, 4.69) is 0 Å². The molecule has 4 heteroatoms. The molecule has 0 aromatic heterocycles. The molecule has 1 aliphatic heterocycles. The highest BCUT2D eigenvalue weighted by Crippen LogP contribution is 2.32. The van der Waals surface area contributed by atoms with E-state index in [-0.39, 0.29) is 5.57 Å². The summed E-state index contributed by atoms with van der Waals surface area (Å²) in [5, 5.41) is 17.5. The standard InChI is InChI=1S/C17H14N2O2/c1-17(2)20-15(9-8-13(11-18)12-19)10-16(21-17)14-6-4-3-5-7-14/h3-10H,1-2H3/b15-9+. The second-order valence-electron chi connectivity index (χ2n) is 4.85. The molecule has 0 N–H and O–H groups in total. The smallest absolute Gasteiger partial charge is 0.245 e. The van der Waals surface area contributed by atoms with Gasteiger partial charge in [-0.1, -0.05) is 30.3 Å². The Kier molecular flexibility index (Phi) is 4.11. The molecule has 0 bridgehead atoms. The summed E-state index contributed by atoms with van der Waals surface area (Å²) >= 11 is 0. The lowest BCUT2D eigenvalue weighted by atomic mass is 10.1. The van der Waals surface area contributed by atoms with Crippen molar-refractivity contribution in [3.8, 4) is 12.1 Å². The fourth-order valence-corrected chi connectivity index (χ4v) is 1.85. The number of nitrogens with zero attached hydrogens (tertiary/aromatic N) is 2. The first-order chi connectivity index (χ1) is 10.0. The Morgan fingerprint density at radius 1 is 1.10 bits per heavy atom. The fourth-order valence-electron chi connectivity index (χ4n) is 1.85. The predicted molar refractivity (Wildman–Crippen MR) is 78.1 cm³/mol. The lowest BCUT2D eigenvalue weighted by molar-refractivity contribution is -0.149. The predicted octanol–water partition coefficient (Wildman–Crippen LogP) is 3.67. The van der Waals surface area contributed by atoms with Crippen LogP contribution in [0, 0.1) is 22.7 Å². The van der Waals surface area contributed by atoms with E-state index in [1.807, 2.05) is 30.3 Å². The van der Waals surface area contributed by atoms with E-state index < -0.39 is 5.79 Å². The van der Waals surface area contributed by atoms with Crippen molar-refractivity contribution in [2.24, 2.45) is 0 Å². The molecule has 21 heavy (non-hydrogen) atoms. The largest absolute Gasteiger partial charge is 0.453 e. The molecular weight excluding hydrogens is 264 g/mol. The van der Waals surface area contributed by atoms with Gasteiger partial charge in [-0.25, -0.2) is 0 Å².